The summed E-state index contributed by atoms with van der Waals surface area (Å²) in [5.74, 6) is 1.82. The molecule has 0 spiro atoms. The minimum Gasteiger partial charge on any atom is -0.494 e. The summed E-state index contributed by atoms with van der Waals surface area (Å²) >= 11 is 0. The smallest absolute Gasteiger partial charge is 0.195 e. The van der Waals surface area contributed by atoms with Crippen LogP contribution in [0.25, 0.3) is 0 Å². The minimum absolute atomic E-state index is 0.139. The topological polar surface area (TPSA) is 56.2 Å². The summed E-state index contributed by atoms with van der Waals surface area (Å²) in [6, 6.07) is 0. The highest BCUT2D eigenvalue weighted by Crippen LogP contribution is 2.60. The van der Waals surface area contributed by atoms with Crippen LogP contribution in [0.5, 0.6) is 11.8 Å². The van der Waals surface area contributed by atoms with Gasteiger partial charge in [-0.25, -0.2) is 0 Å². The van der Waals surface area contributed by atoms with Crippen LogP contribution in [0.1, 0.15) is 23.0 Å². The summed E-state index contributed by atoms with van der Waals surface area (Å²) in [5.41, 5.74) is 1.82. The molecule has 2 bridgehead atoms. The average molecular weight is 201 g/mol. The van der Waals surface area contributed by atoms with Crippen molar-refractivity contribution in [3.8, 4) is 11.8 Å². The number of aromatic hydroxyl groups is 2. The lowest BCUT2D eigenvalue weighted by atomic mass is 9.56. The Bertz CT molecular complexity index is 469. The zero-order valence-corrected chi connectivity index (χ0v) is 8.01. The summed E-state index contributed by atoms with van der Waals surface area (Å²) in [4.78, 5) is 2.63. The average Bonchev–Trinajstić information content (AvgIpc) is 2.44. The Morgan fingerprint density at radius 1 is 0.800 bits per heavy atom. The molecular weight excluding hydrogens is 190 g/mol. The van der Waals surface area contributed by atoms with Crippen molar-refractivity contribution in [2.45, 2.75) is 11.8 Å². The minimum atomic E-state index is 0.139. The van der Waals surface area contributed by atoms with E-state index < -0.39 is 0 Å². The fourth-order valence-corrected chi connectivity index (χ4v) is 3.34. The molecule has 76 valence electrons. The number of allylic oxidation sites excluding steroid dienone is 4. The lowest BCUT2D eigenvalue weighted by molar-refractivity contribution is 0.306. The normalized spacial score (nSPS) is 38.7. The first-order chi connectivity index (χ1) is 7.27. The Hall–Kier alpha value is -1.64. The van der Waals surface area contributed by atoms with E-state index in [1.165, 1.54) is 0 Å². The van der Waals surface area contributed by atoms with Gasteiger partial charge in [0.05, 0.1) is 0 Å². The third-order valence-corrected chi connectivity index (χ3v) is 4.06. The largest absolute Gasteiger partial charge is 0.494 e. The molecule has 0 aromatic carbocycles. The molecule has 0 saturated carbocycles. The van der Waals surface area contributed by atoms with E-state index >= 15 is 0 Å². The molecule has 0 fully saturated rings. The Labute approximate surface area is 86.8 Å². The van der Waals surface area contributed by atoms with Crippen LogP contribution < -0.4 is 0 Å². The highest BCUT2D eigenvalue weighted by Gasteiger charge is 2.48. The second kappa shape index (κ2) is 2.13. The first kappa shape index (κ1) is 7.63. The zero-order chi connectivity index (χ0) is 10.2. The molecule has 0 radical (unpaired) electrons. The molecule has 15 heavy (non-hydrogen) atoms. The van der Waals surface area contributed by atoms with Crippen molar-refractivity contribution < 1.29 is 10.2 Å². The van der Waals surface area contributed by atoms with Crippen LogP contribution >= 0.6 is 0 Å². The maximum Gasteiger partial charge on any atom is 0.195 e. The molecule has 4 aliphatic rings. The number of hydrogen-bond donors (Lipinski definition) is 3. The third-order valence-electron chi connectivity index (χ3n) is 4.06. The maximum atomic E-state index is 9.75. The second-order valence-corrected chi connectivity index (χ2v) is 4.63. The molecule has 4 aliphatic carbocycles. The summed E-state index contributed by atoms with van der Waals surface area (Å²) in [6.45, 7) is 0. The molecule has 0 aliphatic heterocycles. The number of hydrogen-bond acceptors (Lipinski definition) is 2. The highest BCUT2D eigenvalue weighted by atomic mass is 16.3. The van der Waals surface area contributed by atoms with Gasteiger partial charge in [-0.1, -0.05) is 24.3 Å². The van der Waals surface area contributed by atoms with Crippen LogP contribution in [0, 0.1) is 11.8 Å². The van der Waals surface area contributed by atoms with Crippen LogP contribution in [-0.4, -0.2) is 15.2 Å². The lowest BCUT2D eigenvalue weighted by Crippen LogP contribution is -2.36. The molecule has 2 unspecified atom stereocenters. The van der Waals surface area contributed by atoms with Crippen molar-refractivity contribution in [1.82, 2.24) is 4.98 Å². The maximum absolute atomic E-state index is 9.75. The molecule has 3 nitrogen and oxygen atoms in total. The monoisotopic (exact) mass is 201 g/mol. The summed E-state index contributed by atoms with van der Waals surface area (Å²) in [6.07, 6.45) is 8.73. The van der Waals surface area contributed by atoms with Crippen LogP contribution in [0.3, 0.4) is 0 Å². The first-order valence-corrected chi connectivity index (χ1v) is 5.27. The molecule has 1 heterocycles. The predicted molar refractivity (Wildman–Crippen MR) is 54.9 cm³/mol. The van der Waals surface area contributed by atoms with E-state index in [9.17, 15) is 10.2 Å². The van der Waals surface area contributed by atoms with Crippen LogP contribution in [0.2, 0.25) is 0 Å². The van der Waals surface area contributed by atoms with Crippen molar-refractivity contribution in [1.29, 1.82) is 0 Å². The van der Waals surface area contributed by atoms with Gasteiger partial charge in [-0.05, 0) is 11.8 Å². The van der Waals surface area contributed by atoms with Crippen LogP contribution in [0.4, 0.5) is 0 Å². The lowest BCUT2D eigenvalue weighted by Gasteiger charge is -2.47. The van der Waals surface area contributed by atoms with Gasteiger partial charge in [0.2, 0.25) is 0 Å². The summed E-state index contributed by atoms with van der Waals surface area (Å²) in [5, 5.41) is 19.5. The fraction of sp³-hybridized carbons (Fsp3) is 0.333. The Morgan fingerprint density at radius 3 is 1.67 bits per heavy atom. The van der Waals surface area contributed by atoms with Crippen molar-refractivity contribution in [2.75, 3.05) is 0 Å². The summed E-state index contributed by atoms with van der Waals surface area (Å²) < 4.78 is 0. The van der Waals surface area contributed by atoms with Gasteiger partial charge in [-0.15, -0.1) is 0 Å². The van der Waals surface area contributed by atoms with Crippen LogP contribution in [-0.2, 0) is 0 Å². The number of rotatable bonds is 0. The van der Waals surface area contributed by atoms with E-state index in [1.807, 2.05) is 0 Å². The Morgan fingerprint density at radius 2 is 1.27 bits per heavy atom. The van der Waals surface area contributed by atoms with Crippen molar-refractivity contribution in [2.24, 2.45) is 11.8 Å². The molecular formula is C12H11NO2. The van der Waals surface area contributed by atoms with Gasteiger partial charge in [0.15, 0.2) is 11.8 Å². The molecule has 5 rings (SSSR count). The van der Waals surface area contributed by atoms with E-state index in [1.54, 1.807) is 0 Å². The Kier molecular flexibility index (Phi) is 1.08. The number of H-pyrrole nitrogens is 1. The van der Waals surface area contributed by atoms with E-state index in [4.69, 9.17) is 0 Å². The molecule has 1 aromatic rings. The number of aromatic nitrogens is 1. The SMILES string of the molecule is Oc1[nH]c(O)c2c1C1C=CC2[C@@H]2C=C[C@H]12. The standard InChI is InChI=1S/C12H11NO2/c14-11-9-7-3-4-8(6-2-1-5(6)7)10(9)12(15)13-11/h1-8,13-15H/t5-,6+,7?,8?. The van der Waals surface area contributed by atoms with E-state index in [-0.39, 0.29) is 23.6 Å². The quantitative estimate of drug-likeness (QED) is 0.562. The molecule has 4 atom stereocenters. The molecule has 0 saturated heterocycles. The summed E-state index contributed by atoms with van der Waals surface area (Å²) in [7, 11) is 0. The van der Waals surface area contributed by atoms with Crippen molar-refractivity contribution >= 4 is 0 Å². The van der Waals surface area contributed by atoms with Crippen molar-refractivity contribution in [3.63, 3.8) is 0 Å². The van der Waals surface area contributed by atoms with Gasteiger partial charge in [-0.2, -0.15) is 0 Å². The van der Waals surface area contributed by atoms with Gasteiger partial charge in [0.25, 0.3) is 0 Å². The molecule has 3 N–H and O–H groups in total. The highest BCUT2D eigenvalue weighted by molar-refractivity contribution is 5.58. The van der Waals surface area contributed by atoms with E-state index in [2.05, 4.69) is 29.3 Å². The molecule has 0 amide bonds. The molecule has 1 aromatic heterocycles. The zero-order valence-electron chi connectivity index (χ0n) is 8.01. The van der Waals surface area contributed by atoms with Gasteiger partial charge in [-0.3, -0.25) is 4.98 Å². The van der Waals surface area contributed by atoms with Gasteiger partial charge >= 0.3 is 0 Å². The fourth-order valence-electron chi connectivity index (χ4n) is 3.34. The number of nitrogens with one attached hydrogen (secondary N) is 1. The van der Waals surface area contributed by atoms with Gasteiger partial charge in [0.1, 0.15) is 0 Å². The first-order valence-electron chi connectivity index (χ1n) is 5.27. The predicted octanol–water partition coefficient (Wildman–Crippen LogP) is 1.98. The van der Waals surface area contributed by atoms with Gasteiger partial charge < -0.3 is 10.2 Å². The van der Waals surface area contributed by atoms with E-state index in [0.29, 0.717) is 11.8 Å². The van der Waals surface area contributed by atoms with Crippen molar-refractivity contribution in [3.05, 3.63) is 35.4 Å². The third kappa shape index (κ3) is 0.674. The van der Waals surface area contributed by atoms with Gasteiger partial charge in [0, 0.05) is 23.0 Å². The van der Waals surface area contributed by atoms with E-state index in [0.717, 1.165) is 11.1 Å². The Balaban J connectivity index is 2.03. The second-order valence-electron chi connectivity index (χ2n) is 4.63. The molecule has 3 heteroatoms. The van der Waals surface area contributed by atoms with Crippen LogP contribution in [0.15, 0.2) is 24.3 Å². The number of aromatic amines is 1.